The number of esters is 1. The molecule has 0 spiro atoms. The zero-order chi connectivity index (χ0) is 14.7. The number of nitro groups is 1. The van der Waals surface area contributed by atoms with Crippen molar-refractivity contribution in [1.82, 2.24) is 4.98 Å². The third-order valence-electron chi connectivity index (χ3n) is 3.44. The van der Waals surface area contributed by atoms with Crippen LogP contribution in [-0.4, -0.2) is 15.9 Å². The lowest BCUT2D eigenvalue weighted by Gasteiger charge is -2.09. The summed E-state index contributed by atoms with van der Waals surface area (Å²) in [5, 5.41) is 10.9. The van der Waals surface area contributed by atoms with Gasteiger partial charge in [-0.25, -0.2) is 0 Å². The average Bonchev–Trinajstić information content (AvgIpc) is 2.79. The zero-order valence-electron chi connectivity index (χ0n) is 11.2. The van der Waals surface area contributed by atoms with Crippen LogP contribution in [0.1, 0.15) is 37.8 Å². The number of aromatic amines is 1. The Balaban J connectivity index is 2.17. The fraction of sp³-hybridized carbons (Fsp3) is 0.538. The Labute approximate surface area is 115 Å². The molecule has 1 aliphatic rings. The molecule has 1 aromatic rings. The molecule has 0 unspecified atom stereocenters. The van der Waals surface area contributed by atoms with Gasteiger partial charge in [-0.3, -0.25) is 19.7 Å². The van der Waals surface area contributed by atoms with E-state index in [4.69, 9.17) is 4.74 Å². The van der Waals surface area contributed by atoms with Crippen molar-refractivity contribution >= 4 is 11.7 Å². The molecule has 1 saturated carbocycles. The molecular weight excluding hydrogens is 264 g/mol. The fourth-order valence-corrected chi connectivity index (χ4v) is 2.52. The number of carbonyl (C=O) groups excluding carboxylic acids is 1. The minimum atomic E-state index is -0.862. The summed E-state index contributed by atoms with van der Waals surface area (Å²) >= 11 is 0. The Morgan fingerprint density at radius 2 is 2.15 bits per heavy atom. The van der Waals surface area contributed by atoms with E-state index in [-0.39, 0.29) is 18.1 Å². The molecule has 1 aromatic heterocycles. The molecule has 1 heterocycles. The third-order valence-corrected chi connectivity index (χ3v) is 3.44. The van der Waals surface area contributed by atoms with Crippen LogP contribution in [0.5, 0.6) is 5.75 Å². The SMILES string of the molecule is Cc1cc(OC(=O)CC2CCCC2)c([N+](=O)[O-])c(=O)[nH]1. The maximum absolute atomic E-state index is 11.8. The van der Waals surface area contributed by atoms with Crippen molar-refractivity contribution < 1.29 is 14.5 Å². The molecule has 20 heavy (non-hydrogen) atoms. The van der Waals surface area contributed by atoms with Gasteiger partial charge in [0.15, 0.2) is 0 Å². The summed E-state index contributed by atoms with van der Waals surface area (Å²) in [6, 6.07) is 1.30. The molecule has 0 bridgehead atoms. The highest BCUT2D eigenvalue weighted by atomic mass is 16.6. The zero-order valence-corrected chi connectivity index (χ0v) is 11.2. The van der Waals surface area contributed by atoms with E-state index in [1.165, 1.54) is 6.07 Å². The van der Waals surface area contributed by atoms with Gasteiger partial charge in [-0.1, -0.05) is 12.8 Å². The summed E-state index contributed by atoms with van der Waals surface area (Å²) in [4.78, 5) is 35.7. The van der Waals surface area contributed by atoms with Crippen LogP contribution in [0.25, 0.3) is 0 Å². The highest BCUT2D eigenvalue weighted by Gasteiger charge is 2.25. The van der Waals surface area contributed by atoms with E-state index in [9.17, 15) is 19.7 Å². The maximum Gasteiger partial charge on any atom is 0.376 e. The number of pyridine rings is 1. The van der Waals surface area contributed by atoms with Gasteiger partial charge in [-0.2, -0.15) is 0 Å². The molecular formula is C13H16N2O5. The van der Waals surface area contributed by atoms with Crippen LogP contribution in [0.2, 0.25) is 0 Å². The molecule has 7 nitrogen and oxygen atoms in total. The predicted molar refractivity (Wildman–Crippen MR) is 70.7 cm³/mol. The molecule has 108 valence electrons. The number of H-pyrrole nitrogens is 1. The summed E-state index contributed by atoms with van der Waals surface area (Å²) < 4.78 is 5.03. The third kappa shape index (κ3) is 3.23. The molecule has 1 fully saturated rings. The molecule has 0 amide bonds. The molecule has 0 aliphatic heterocycles. The Hall–Kier alpha value is -2.18. The van der Waals surface area contributed by atoms with E-state index in [2.05, 4.69) is 4.98 Å². The topological polar surface area (TPSA) is 102 Å². The first-order valence-electron chi connectivity index (χ1n) is 6.56. The van der Waals surface area contributed by atoms with Crippen molar-refractivity contribution in [2.45, 2.75) is 39.0 Å². The lowest BCUT2D eigenvalue weighted by molar-refractivity contribution is -0.387. The van der Waals surface area contributed by atoms with Gasteiger partial charge >= 0.3 is 17.2 Å². The number of hydrogen-bond donors (Lipinski definition) is 1. The first-order chi connectivity index (χ1) is 9.47. The van der Waals surface area contributed by atoms with E-state index >= 15 is 0 Å². The van der Waals surface area contributed by atoms with Crippen LogP contribution in [0.4, 0.5) is 5.69 Å². The molecule has 0 atom stereocenters. The minimum absolute atomic E-state index is 0.239. The predicted octanol–water partition coefficient (Wildman–Crippen LogP) is 2.08. The number of ether oxygens (including phenoxy) is 1. The molecule has 0 saturated heterocycles. The maximum atomic E-state index is 11.8. The first-order valence-corrected chi connectivity index (χ1v) is 6.56. The molecule has 0 aromatic carbocycles. The standard InChI is InChI=1S/C13H16N2O5/c1-8-6-10(12(15(18)19)13(17)14-8)20-11(16)7-9-4-2-3-5-9/h6,9H,2-5,7H2,1H3,(H,14,17). The van der Waals surface area contributed by atoms with E-state index in [1.807, 2.05) is 0 Å². The number of hydrogen-bond acceptors (Lipinski definition) is 5. The minimum Gasteiger partial charge on any atom is -0.419 e. The number of rotatable bonds is 4. The number of nitrogens with one attached hydrogen (secondary N) is 1. The Kier molecular flexibility index (Phi) is 4.16. The number of aromatic nitrogens is 1. The van der Waals surface area contributed by atoms with Crippen LogP contribution in [0.15, 0.2) is 10.9 Å². The van der Waals surface area contributed by atoms with Crippen LogP contribution in [0, 0.1) is 23.0 Å². The average molecular weight is 280 g/mol. The second-order valence-corrected chi connectivity index (χ2v) is 5.08. The number of aryl methyl sites for hydroxylation is 1. The van der Waals surface area contributed by atoms with E-state index < -0.39 is 22.1 Å². The van der Waals surface area contributed by atoms with Crippen LogP contribution in [-0.2, 0) is 4.79 Å². The Morgan fingerprint density at radius 3 is 2.75 bits per heavy atom. The summed E-state index contributed by atoms with van der Waals surface area (Å²) in [5.41, 5.74) is -1.18. The summed E-state index contributed by atoms with van der Waals surface area (Å²) in [6.07, 6.45) is 4.39. The quantitative estimate of drug-likeness (QED) is 0.516. The van der Waals surface area contributed by atoms with Crippen molar-refractivity contribution in [3.8, 4) is 5.75 Å². The van der Waals surface area contributed by atoms with E-state index in [0.29, 0.717) is 5.69 Å². The normalized spacial score (nSPS) is 15.2. The summed E-state index contributed by atoms with van der Waals surface area (Å²) in [6.45, 7) is 1.57. The first kappa shape index (κ1) is 14.2. The van der Waals surface area contributed by atoms with Crippen LogP contribution in [0.3, 0.4) is 0 Å². The molecule has 1 N–H and O–H groups in total. The fourth-order valence-electron chi connectivity index (χ4n) is 2.52. The van der Waals surface area contributed by atoms with Gasteiger partial charge in [-0.05, 0) is 25.7 Å². The van der Waals surface area contributed by atoms with Gasteiger partial charge in [-0.15, -0.1) is 0 Å². The van der Waals surface area contributed by atoms with Crippen molar-refractivity contribution in [2.24, 2.45) is 5.92 Å². The van der Waals surface area contributed by atoms with Crippen LogP contribution >= 0.6 is 0 Å². The second-order valence-electron chi connectivity index (χ2n) is 5.08. The smallest absolute Gasteiger partial charge is 0.376 e. The van der Waals surface area contributed by atoms with Gasteiger partial charge in [0.05, 0.1) is 4.92 Å². The van der Waals surface area contributed by atoms with Crippen molar-refractivity contribution in [1.29, 1.82) is 0 Å². The van der Waals surface area contributed by atoms with Gasteiger partial charge in [0.25, 0.3) is 0 Å². The highest BCUT2D eigenvalue weighted by molar-refractivity contribution is 5.74. The number of nitrogens with zero attached hydrogens (tertiary/aromatic N) is 1. The van der Waals surface area contributed by atoms with E-state index in [0.717, 1.165) is 25.7 Å². The lowest BCUT2D eigenvalue weighted by atomic mass is 10.0. The Bertz CT molecular complexity index is 587. The molecule has 2 rings (SSSR count). The van der Waals surface area contributed by atoms with Crippen molar-refractivity contribution in [2.75, 3.05) is 0 Å². The van der Waals surface area contributed by atoms with Gasteiger partial charge in [0.2, 0.25) is 5.75 Å². The van der Waals surface area contributed by atoms with Gasteiger partial charge < -0.3 is 9.72 Å². The van der Waals surface area contributed by atoms with Crippen LogP contribution < -0.4 is 10.3 Å². The number of carbonyl (C=O) groups is 1. The largest absolute Gasteiger partial charge is 0.419 e. The summed E-state index contributed by atoms with van der Waals surface area (Å²) in [7, 11) is 0. The highest BCUT2D eigenvalue weighted by Crippen LogP contribution is 2.29. The summed E-state index contributed by atoms with van der Waals surface area (Å²) in [5.74, 6) is -0.520. The Morgan fingerprint density at radius 1 is 1.50 bits per heavy atom. The van der Waals surface area contributed by atoms with Gasteiger partial charge in [0.1, 0.15) is 0 Å². The second kappa shape index (κ2) is 5.85. The van der Waals surface area contributed by atoms with Gasteiger partial charge in [0, 0.05) is 18.2 Å². The monoisotopic (exact) mass is 280 g/mol. The van der Waals surface area contributed by atoms with Crippen molar-refractivity contribution in [3.63, 3.8) is 0 Å². The van der Waals surface area contributed by atoms with E-state index in [1.54, 1.807) is 6.92 Å². The molecule has 7 heteroatoms. The molecule has 1 aliphatic carbocycles. The van der Waals surface area contributed by atoms with Crippen molar-refractivity contribution in [3.05, 3.63) is 32.2 Å². The lowest BCUT2D eigenvalue weighted by Crippen LogP contribution is -2.18. The molecule has 0 radical (unpaired) electrons.